The van der Waals surface area contributed by atoms with Gasteiger partial charge < -0.3 is 24.4 Å². The monoisotopic (exact) mass is 320 g/mol. The number of nitrogens with one attached hydrogen (secondary N) is 1. The van der Waals surface area contributed by atoms with Gasteiger partial charge in [-0.05, 0) is 12.1 Å². The Bertz CT molecular complexity index is 533. The number of hydrogen-bond acceptors (Lipinski definition) is 5. The second-order valence-corrected chi connectivity index (χ2v) is 5.90. The van der Waals surface area contributed by atoms with E-state index in [0.717, 1.165) is 24.3 Å². The minimum atomic E-state index is -0.421. The largest absolute Gasteiger partial charge is 0.497 e. The van der Waals surface area contributed by atoms with Gasteiger partial charge in [0, 0.05) is 50.7 Å². The van der Waals surface area contributed by atoms with Crippen LogP contribution in [0.1, 0.15) is 19.3 Å². The van der Waals surface area contributed by atoms with Crippen LogP contribution in [0.25, 0.3) is 0 Å². The fourth-order valence-electron chi connectivity index (χ4n) is 3.09. The summed E-state index contributed by atoms with van der Waals surface area (Å²) >= 11 is 0. The van der Waals surface area contributed by atoms with Crippen LogP contribution in [-0.4, -0.2) is 56.6 Å². The predicted octanol–water partition coefficient (Wildman–Crippen LogP) is 1.86. The van der Waals surface area contributed by atoms with E-state index in [-0.39, 0.29) is 5.91 Å². The molecular formula is C17H24N2O4. The van der Waals surface area contributed by atoms with Gasteiger partial charge in [0.2, 0.25) is 5.91 Å². The smallest absolute Gasteiger partial charge is 0.224 e. The van der Waals surface area contributed by atoms with Crippen LogP contribution >= 0.6 is 0 Å². The number of rotatable bonds is 5. The van der Waals surface area contributed by atoms with E-state index in [1.165, 1.54) is 0 Å². The van der Waals surface area contributed by atoms with Crippen molar-refractivity contribution in [1.29, 1.82) is 0 Å². The Morgan fingerprint density at radius 1 is 1.30 bits per heavy atom. The molecule has 6 heteroatoms. The highest BCUT2D eigenvalue weighted by molar-refractivity contribution is 5.76. The van der Waals surface area contributed by atoms with Crippen molar-refractivity contribution in [1.82, 2.24) is 4.90 Å². The summed E-state index contributed by atoms with van der Waals surface area (Å²) in [6.07, 6.45) is 2.01. The fraction of sp³-hybridized carbons (Fsp3) is 0.588. The predicted molar refractivity (Wildman–Crippen MR) is 86.5 cm³/mol. The molecule has 2 aliphatic heterocycles. The lowest BCUT2D eigenvalue weighted by Gasteiger charge is -2.37. The zero-order valence-corrected chi connectivity index (χ0v) is 13.5. The number of anilines is 1. The van der Waals surface area contributed by atoms with Gasteiger partial charge in [-0.1, -0.05) is 6.07 Å². The highest BCUT2D eigenvalue weighted by Gasteiger charge is 2.40. The number of benzene rings is 1. The maximum Gasteiger partial charge on any atom is 0.224 e. The molecule has 2 fully saturated rings. The van der Waals surface area contributed by atoms with Crippen LogP contribution in [0.3, 0.4) is 0 Å². The van der Waals surface area contributed by atoms with Crippen molar-refractivity contribution in [3.8, 4) is 5.75 Å². The molecule has 1 spiro atoms. The van der Waals surface area contributed by atoms with Crippen molar-refractivity contribution in [3.05, 3.63) is 24.3 Å². The highest BCUT2D eigenvalue weighted by Crippen LogP contribution is 2.31. The Kier molecular flexibility index (Phi) is 5.03. The molecule has 0 bridgehead atoms. The molecule has 0 unspecified atom stereocenters. The van der Waals surface area contributed by atoms with Crippen LogP contribution in [-0.2, 0) is 14.3 Å². The number of amides is 1. The van der Waals surface area contributed by atoms with E-state index in [9.17, 15) is 4.79 Å². The summed E-state index contributed by atoms with van der Waals surface area (Å²) in [7, 11) is 1.64. The average Bonchev–Trinajstić information content (AvgIpc) is 3.03. The van der Waals surface area contributed by atoms with Gasteiger partial charge in [0.05, 0.1) is 20.3 Å². The fourth-order valence-corrected chi connectivity index (χ4v) is 3.09. The first kappa shape index (κ1) is 16.1. The van der Waals surface area contributed by atoms with Gasteiger partial charge in [-0.25, -0.2) is 0 Å². The Morgan fingerprint density at radius 3 is 2.74 bits per heavy atom. The molecular weight excluding hydrogens is 296 g/mol. The van der Waals surface area contributed by atoms with Gasteiger partial charge in [-0.3, -0.25) is 4.79 Å². The quantitative estimate of drug-likeness (QED) is 0.897. The van der Waals surface area contributed by atoms with Crippen LogP contribution in [0.2, 0.25) is 0 Å². The molecule has 3 rings (SSSR count). The average molecular weight is 320 g/mol. The van der Waals surface area contributed by atoms with Gasteiger partial charge in [0.25, 0.3) is 0 Å². The van der Waals surface area contributed by atoms with E-state index >= 15 is 0 Å². The molecule has 0 aliphatic carbocycles. The van der Waals surface area contributed by atoms with E-state index in [1.54, 1.807) is 7.11 Å². The number of ether oxygens (including phenoxy) is 3. The summed E-state index contributed by atoms with van der Waals surface area (Å²) in [5.41, 5.74) is 0.961. The molecule has 1 N–H and O–H groups in total. The number of methoxy groups -OCH3 is 1. The van der Waals surface area contributed by atoms with Crippen LogP contribution < -0.4 is 10.1 Å². The summed E-state index contributed by atoms with van der Waals surface area (Å²) < 4.78 is 16.6. The lowest BCUT2D eigenvalue weighted by atomic mass is 10.0. The molecule has 1 amide bonds. The molecule has 2 heterocycles. The first-order valence-corrected chi connectivity index (χ1v) is 8.14. The van der Waals surface area contributed by atoms with Crippen molar-refractivity contribution in [3.63, 3.8) is 0 Å². The number of likely N-dealkylation sites (tertiary alicyclic amines) is 1. The number of piperidine rings is 1. The zero-order valence-electron chi connectivity index (χ0n) is 13.5. The first-order chi connectivity index (χ1) is 11.2. The molecule has 23 heavy (non-hydrogen) atoms. The summed E-state index contributed by atoms with van der Waals surface area (Å²) in [4.78, 5) is 14.2. The zero-order chi connectivity index (χ0) is 16.1. The molecule has 1 aromatic carbocycles. The molecule has 6 nitrogen and oxygen atoms in total. The van der Waals surface area contributed by atoms with Crippen LogP contribution in [0, 0.1) is 0 Å². The molecule has 126 valence electrons. The number of carbonyl (C=O) groups is 1. The third-order valence-corrected chi connectivity index (χ3v) is 4.43. The van der Waals surface area contributed by atoms with E-state index < -0.39 is 5.79 Å². The van der Waals surface area contributed by atoms with E-state index in [1.807, 2.05) is 29.2 Å². The molecule has 0 atom stereocenters. The van der Waals surface area contributed by atoms with Crippen molar-refractivity contribution in [2.75, 3.05) is 45.3 Å². The highest BCUT2D eigenvalue weighted by atomic mass is 16.7. The van der Waals surface area contributed by atoms with Crippen molar-refractivity contribution >= 4 is 11.6 Å². The summed E-state index contributed by atoms with van der Waals surface area (Å²) in [6, 6.07) is 7.71. The van der Waals surface area contributed by atoms with E-state index in [2.05, 4.69) is 5.32 Å². The van der Waals surface area contributed by atoms with Crippen molar-refractivity contribution in [2.24, 2.45) is 0 Å². The Labute approximate surface area is 136 Å². The van der Waals surface area contributed by atoms with Crippen molar-refractivity contribution < 1.29 is 19.0 Å². The molecule has 0 aromatic heterocycles. The summed E-state index contributed by atoms with van der Waals surface area (Å²) in [5.74, 6) is 0.558. The summed E-state index contributed by atoms with van der Waals surface area (Å²) in [6.45, 7) is 3.35. The number of carbonyl (C=O) groups excluding carboxylic acids is 1. The third kappa shape index (κ3) is 3.95. The van der Waals surface area contributed by atoms with Gasteiger partial charge in [0.15, 0.2) is 5.79 Å². The second kappa shape index (κ2) is 7.19. The SMILES string of the molecule is COc1cccc(NCCC(=O)N2CCC3(CC2)OCCO3)c1. The van der Waals surface area contributed by atoms with Gasteiger partial charge >= 0.3 is 0 Å². The molecule has 0 radical (unpaired) electrons. The van der Waals surface area contributed by atoms with Crippen LogP contribution in [0.5, 0.6) is 5.75 Å². The maximum absolute atomic E-state index is 12.3. The topological polar surface area (TPSA) is 60.0 Å². The molecule has 2 aliphatic rings. The minimum Gasteiger partial charge on any atom is -0.497 e. The number of hydrogen-bond donors (Lipinski definition) is 1. The van der Waals surface area contributed by atoms with Crippen LogP contribution in [0.4, 0.5) is 5.69 Å². The lowest BCUT2D eigenvalue weighted by molar-refractivity contribution is -0.187. The van der Waals surface area contributed by atoms with E-state index in [0.29, 0.717) is 39.3 Å². The van der Waals surface area contributed by atoms with Crippen LogP contribution in [0.15, 0.2) is 24.3 Å². The molecule has 1 aromatic rings. The third-order valence-electron chi connectivity index (χ3n) is 4.43. The van der Waals surface area contributed by atoms with Gasteiger partial charge in [0.1, 0.15) is 5.75 Å². The standard InChI is InChI=1S/C17H24N2O4/c1-21-15-4-2-3-14(13-15)18-8-5-16(20)19-9-6-17(7-10-19)22-11-12-23-17/h2-4,13,18H,5-12H2,1H3. The van der Waals surface area contributed by atoms with E-state index in [4.69, 9.17) is 14.2 Å². The maximum atomic E-state index is 12.3. The first-order valence-electron chi connectivity index (χ1n) is 8.14. The Morgan fingerprint density at radius 2 is 2.04 bits per heavy atom. The van der Waals surface area contributed by atoms with Gasteiger partial charge in [-0.15, -0.1) is 0 Å². The molecule has 0 saturated carbocycles. The summed E-state index contributed by atoms with van der Waals surface area (Å²) in [5, 5.41) is 3.26. The number of nitrogens with zero attached hydrogens (tertiary/aromatic N) is 1. The normalized spacial score (nSPS) is 19.8. The minimum absolute atomic E-state index is 0.174. The second-order valence-electron chi connectivity index (χ2n) is 5.90. The lowest BCUT2D eigenvalue weighted by Crippen LogP contribution is -2.47. The Hall–Kier alpha value is -1.79. The van der Waals surface area contributed by atoms with Gasteiger partial charge in [-0.2, -0.15) is 0 Å². The Balaban J connectivity index is 1.41. The van der Waals surface area contributed by atoms with Crippen molar-refractivity contribution in [2.45, 2.75) is 25.0 Å². The molecule has 2 saturated heterocycles.